The van der Waals surface area contributed by atoms with Gasteiger partial charge < -0.3 is 4.84 Å². The summed E-state index contributed by atoms with van der Waals surface area (Å²) in [5.41, 5.74) is 0.785. The Bertz CT molecular complexity index is 602. The standard InChI is InChI=1S/C9H11NO2.C7H5NO2/c11-8-5-6-9(12)10(8)7-3-1-2-4-7;9-7-8(10-7)6-4-2-1-3-5-6/h5-7H,1-4H2;1-5H. The largest absolute Gasteiger partial charge is 0.473 e. The van der Waals surface area contributed by atoms with E-state index in [0.29, 0.717) is 0 Å². The molecule has 0 radical (unpaired) electrons. The minimum Gasteiger partial charge on any atom is -0.308 e. The number of hydrogen-bond donors (Lipinski definition) is 0. The quantitative estimate of drug-likeness (QED) is 0.621. The smallest absolute Gasteiger partial charge is 0.308 e. The molecule has 0 bridgehead atoms. The first kappa shape index (κ1) is 14.3. The molecule has 1 aliphatic carbocycles. The number of benzene rings is 1. The average molecular weight is 300 g/mol. The van der Waals surface area contributed by atoms with Crippen molar-refractivity contribution < 1.29 is 19.2 Å². The Balaban J connectivity index is 0.000000133. The molecule has 0 unspecified atom stereocenters. The van der Waals surface area contributed by atoms with E-state index in [1.807, 2.05) is 30.3 Å². The number of nitrogens with zero attached hydrogens (tertiary/aromatic N) is 2. The van der Waals surface area contributed by atoms with Gasteiger partial charge in [-0.2, -0.15) is 0 Å². The highest BCUT2D eigenvalue weighted by atomic mass is 16.9. The fourth-order valence-corrected chi connectivity index (χ4v) is 2.71. The number of rotatable bonds is 2. The molecule has 6 heteroatoms. The zero-order valence-electron chi connectivity index (χ0n) is 12.0. The number of hydroxylamine groups is 1. The normalized spacial score (nSPS) is 20.1. The third-order valence-corrected chi connectivity index (χ3v) is 3.83. The molecular formula is C16H16N2O4. The van der Waals surface area contributed by atoms with Gasteiger partial charge in [0.25, 0.3) is 11.8 Å². The molecule has 0 spiro atoms. The maximum Gasteiger partial charge on any atom is 0.473 e. The summed E-state index contributed by atoms with van der Waals surface area (Å²) >= 11 is 0. The second-order valence-electron chi connectivity index (χ2n) is 5.31. The molecule has 0 N–H and O–H groups in total. The van der Waals surface area contributed by atoms with Crippen molar-refractivity contribution in [3.8, 4) is 0 Å². The van der Waals surface area contributed by atoms with Gasteiger partial charge in [-0.1, -0.05) is 36.1 Å². The monoisotopic (exact) mass is 300 g/mol. The van der Waals surface area contributed by atoms with Crippen LogP contribution in [0.4, 0.5) is 10.5 Å². The molecule has 6 nitrogen and oxygen atoms in total. The number of amides is 3. The van der Waals surface area contributed by atoms with Crippen LogP contribution in [-0.4, -0.2) is 28.8 Å². The van der Waals surface area contributed by atoms with E-state index in [1.54, 1.807) is 0 Å². The van der Waals surface area contributed by atoms with Crippen molar-refractivity contribution in [2.24, 2.45) is 0 Å². The lowest BCUT2D eigenvalue weighted by Crippen LogP contribution is -2.38. The van der Waals surface area contributed by atoms with E-state index in [2.05, 4.69) is 4.84 Å². The molecule has 0 aromatic heterocycles. The van der Waals surface area contributed by atoms with Crippen molar-refractivity contribution in [2.45, 2.75) is 31.7 Å². The summed E-state index contributed by atoms with van der Waals surface area (Å²) in [6.07, 6.45) is 6.69. The predicted molar refractivity (Wildman–Crippen MR) is 78.7 cm³/mol. The molecule has 2 fully saturated rings. The van der Waals surface area contributed by atoms with Crippen molar-refractivity contribution in [1.82, 2.24) is 4.90 Å². The van der Waals surface area contributed by atoms with Crippen LogP contribution in [0.5, 0.6) is 0 Å². The zero-order valence-corrected chi connectivity index (χ0v) is 12.0. The Kier molecular flexibility index (Phi) is 3.91. The number of carbonyl (C=O) groups excluding carboxylic acids is 3. The number of anilines is 1. The fraction of sp³-hybridized carbons (Fsp3) is 0.312. The van der Waals surface area contributed by atoms with Crippen LogP contribution in [0.1, 0.15) is 25.7 Å². The van der Waals surface area contributed by atoms with Gasteiger partial charge in [-0.25, -0.2) is 4.79 Å². The second kappa shape index (κ2) is 6.01. The first-order valence-corrected chi connectivity index (χ1v) is 7.29. The minimum absolute atomic E-state index is 0.132. The Morgan fingerprint density at radius 1 is 0.909 bits per heavy atom. The summed E-state index contributed by atoms with van der Waals surface area (Å²) in [6.45, 7) is 0. The first-order valence-electron chi connectivity index (χ1n) is 7.29. The van der Waals surface area contributed by atoms with Crippen LogP contribution in [0, 0.1) is 0 Å². The number of hydrogen-bond acceptors (Lipinski definition) is 4. The molecule has 3 aliphatic rings. The maximum atomic E-state index is 11.2. The van der Waals surface area contributed by atoms with Crippen molar-refractivity contribution >= 4 is 23.6 Å². The van der Waals surface area contributed by atoms with Crippen LogP contribution < -0.4 is 5.06 Å². The summed E-state index contributed by atoms with van der Waals surface area (Å²) in [4.78, 5) is 38.7. The Morgan fingerprint density at radius 2 is 1.45 bits per heavy atom. The van der Waals surface area contributed by atoms with Gasteiger partial charge in [-0.05, 0) is 25.0 Å². The molecule has 1 saturated heterocycles. The van der Waals surface area contributed by atoms with Crippen molar-refractivity contribution in [1.29, 1.82) is 0 Å². The lowest BCUT2D eigenvalue weighted by Gasteiger charge is -2.20. The lowest BCUT2D eigenvalue weighted by molar-refractivity contribution is -0.139. The number of para-hydroxylation sites is 1. The summed E-state index contributed by atoms with van der Waals surface area (Å²) in [7, 11) is 0. The Hall–Kier alpha value is -2.63. The van der Waals surface area contributed by atoms with Crippen LogP contribution in [-0.2, 0) is 14.4 Å². The third kappa shape index (κ3) is 3.00. The molecule has 1 aromatic rings. The van der Waals surface area contributed by atoms with Crippen LogP contribution >= 0.6 is 0 Å². The average Bonchev–Trinajstić information content (AvgIpc) is 2.90. The highest BCUT2D eigenvalue weighted by Gasteiger charge is 2.35. The number of carbonyl (C=O) groups is 3. The maximum absolute atomic E-state index is 11.2. The highest BCUT2D eigenvalue weighted by Crippen LogP contribution is 2.25. The van der Waals surface area contributed by atoms with Crippen molar-refractivity contribution in [3.05, 3.63) is 42.5 Å². The minimum atomic E-state index is -0.286. The molecule has 2 aliphatic heterocycles. The topological polar surface area (TPSA) is 70.0 Å². The second-order valence-corrected chi connectivity index (χ2v) is 5.31. The van der Waals surface area contributed by atoms with Gasteiger partial charge in [0.05, 0.1) is 5.69 Å². The van der Waals surface area contributed by atoms with Gasteiger partial charge >= 0.3 is 6.09 Å². The van der Waals surface area contributed by atoms with Gasteiger partial charge in [-0.15, -0.1) is 0 Å². The van der Waals surface area contributed by atoms with Crippen molar-refractivity contribution in [2.75, 3.05) is 5.06 Å². The van der Waals surface area contributed by atoms with Gasteiger partial charge in [-0.3, -0.25) is 14.5 Å². The van der Waals surface area contributed by atoms with Gasteiger partial charge in [0.15, 0.2) is 0 Å². The predicted octanol–water partition coefficient (Wildman–Crippen LogP) is 2.41. The summed E-state index contributed by atoms with van der Waals surface area (Å²) in [6, 6.07) is 9.39. The third-order valence-electron chi connectivity index (χ3n) is 3.83. The molecule has 114 valence electrons. The molecule has 3 amide bonds. The summed E-state index contributed by atoms with van der Waals surface area (Å²) in [5, 5.41) is 1.24. The fourth-order valence-electron chi connectivity index (χ4n) is 2.71. The first-order chi connectivity index (χ1) is 10.7. The molecule has 22 heavy (non-hydrogen) atoms. The summed E-state index contributed by atoms with van der Waals surface area (Å²) in [5.74, 6) is -0.265. The van der Waals surface area contributed by atoms with Gasteiger partial charge in [0.1, 0.15) is 0 Å². The van der Waals surface area contributed by atoms with E-state index in [4.69, 9.17) is 0 Å². The zero-order chi connectivity index (χ0) is 15.5. The Labute approximate surface area is 127 Å². The van der Waals surface area contributed by atoms with E-state index in [0.717, 1.165) is 31.4 Å². The molecule has 1 saturated carbocycles. The van der Waals surface area contributed by atoms with Crippen LogP contribution in [0.3, 0.4) is 0 Å². The van der Waals surface area contributed by atoms with Crippen LogP contribution in [0.2, 0.25) is 0 Å². The summed E-state index contributed by atoms with van der Waals surface area (Å²) < 4.78 is 0. The molecule has 0 atom stereocenters. The van der Waals surface area contributed by atoms with E-state index in [-0.39, 0.29) is 23.9 Å². The van der Waals surface area contributed by atoms with E-state index in [1.165, 1.54) is 22.1 Å². The molecule has 4 rings (SSSR count). The van der Waals surface area contributed by atoms with Gasteiger partial charge in [0.2, 0.25) is 0 Å². The SMILES string of the molecule is O=C1C=CC(=O)N1C1CCCC1.O=C1ON1c1ccccc1. The lowest BCUT2D eigenvalue weighted by atomic mass is 10.2. The molecular weight excluding hydrogens is 284 g/mol. The van der Waals surface area contributed by atoms with E-state index >= 15 is 0 Å². The van der Waals surface area contributed by atoms with E-state index in [9.17, 15) is 14.4 Å². The van der Waals surface area contributed by atoms with Gasteiger partial charge in [0, 0.05) is 18.2 Å². The van der Waals surface area contributed by atoms with Crippen LogP contribution in [0.15, 0.2) is 42.5 Å². The van der Waals surface area contributed by atoms with E-state index < -0.39 is 0 Å². The molecule has 1 aromatic carbocycles. The van der Waals surface area contributed by atoms with Crippen LogP contribution in [0.25, 0.3) is 0 Å². The van der Waals surface area contributed by atoms with Crippen molar-refractivity contribution in [3.63, 3.8) is 0 Å². The highest BCUT2D eigenvalue weighted by molar-refractivity contribution is 6.13. The molecule has 2 heterocycles. The number of imide groups is 1. The Morgan fingerprint density at radius 3 is 1.95 bits per heavy atom.